The number of nitrogens with one attached hydrogen (secondary N) is 2. The summed E-state index contributed by atoms with van der Waals surface area (Å²) >= 11 is 0. The number of likely N-dealkylation sites (tertiary alicyclic amines) is 1. The van der Waals surface area contributed by atoms with Crippen LogP contribution in [0.25, 0.3) is 0 Å². The second-order valence-electron chi connectivity index (χ2n) is 7.64. The van der Waals surface area contributed by atoms with Crippen molar-refractivity contribution in [2.45, 2.75) is 19.8 Å². The number of carbonyl (C=O) groups excluding carboxylic acids is 3. The fraction of sp³-hybridized carbons (Fsp3) is 0.318. The van der Waals surface area contributed by atoms with Crippen LogP contribution in [0.3, 0.4) is 0 Å². The third-order valence-corrected chi connectivity index (χ3v) is 5.44. The lowest BCUT2D eigenvalue weighted by atomic mass is 9.96. The minimum atomic E-state index is -0.916. The molecule has 0 saturated carbocycles. The van der Waals surface area contributed by atoms with Gasteiger partial charge in [-0.25, -0.2) is 4.39 Å². The molecule has 0 radical (unpaired) electrons. The number of carbonyl (C=O) groups is 3. The van der Waals surface area contributed by atoms with Crippen LogP contribution in [-0.4, -0.2) is 47.2 Å². The first-order valence-electron chi connectivity index (χ1n) is 10.1. The summed E-state index contributed by atoms with van der Waals surface area (Å²) in [5.41, 5.74) is 0.623. The molecule has 1 heterocycles. The van der Waals surface area contributed by atoms with Gasteiger partial charge in [-0.2, -0.15) is 0 Å². The molecule has 2 N–H and O–H groups in total. The van der Waals surface area contributed by atoms with E-state index in [0.717, 1.165) is 0 Å². The van der Waals surface area contributed by atoms with Crippen molar-refractivity contribution in [3.63, 3.8) is 0 Å². The van der Waals surface area contributed by atoms with Crippen molar-refractivity contribution in [3.8, 4) is 0 Å². The van der Waals surface area contributed by atoms with Gasteiger partial charge >= 0.3 is 11.8 Å². The van der Waals surface area contributed by atoms with Crippen LogP contribution in [0.2, 0.25) is 0 Å². The molecule has 1 saturated heterocycles. The number of hydrogen-bond acceptors (Lipinski definition) is 5. The Morgan fingerprint density at radius 1 is 1.12 bits per heavy atom. The Bertz CT molecular complexity index is 1050. The molecule has 3 amide bonds. The van der Waals surface area contributed by atoms with Crippen LogP contribution in [0.5, 0.6) is 0 Å². The molecule has 0 bridgehead atoms. The molecule has 0 spiro atoms. The third kappa shape index (κ3) is 5.45. The van der Waals surface area contributed by atoms with Crippen LogP contribution in [0, 0.1) is 28.8 Å². The van der Waals surface area contributed by atoms with Gasteiger partial charge in [0.15, 0.2) is 0 Å². The number of amides is 3. The lowest BCUT2D eigenvalue weighted by Gasteiger charge is -2.32. The zero-order valence-corrected chi connectivity index (χ0v) is 17.5. The van der Waals surface area contributed by atoms with Crippen LogP contribution >= 0.6 is 0 Å². The van der Waals surface area contributed by atoms with Gasteiger partial charge in [-0.3, -0.25) is 24.5 Å². The summed E-state index contributed by atoms with van der Waals surface area (Å²) in [4.78, 5) is 48.7. The van der Waals surface area contributed by atoms with Gasteiger partial charge < -0.3 is 15.5 Å². The number of nitro benzene ring substituents is 1. The van der Waals surface area contributed by atoms with Gasteiger partial charge in [-0.1, -0.05) is 18.2 Å². The van der Waals surface area contributed by atoms with Crippen LogP contribution in [0.15, 0.2) is 42.5 Å². The van der Waals surface area contributed by atoms with Crippen molar-refractivity contribution in [3.05, 3.63) is 69.5 Å². The number of anilines is 1. The smallest absolute Gasteiger partial charge is 0.313 e. The van der Waals surface area contributed by atoms with E-state index in [1.54, 1.807) is 17.9 Å². The van der Waals surface area contributed by atoms with E-state index >= 15 is 0 Å². The molecule has 2 aromatic rings. The number of halogens is 1. The van der Waals surface area contributed by atoms with Crippen LogP contribution in [0.4, 0.5) is 15.8 Å². The zero-order valence-electron chi connectivity index (χ0n) is 17.5. The Morgan fingerprint density at radius 3 is 2.47 bits per heavy atom. The SMILES string of the molecule is Cc1ccc([N+](=O)[O-])cc1NC(=O)C(=O)NCC1CCN(C(=O)c2ccccc2F)CC1. The summed E-state index contributed by atoms with van der Waals surface area (Å²) in [6.07, 6.45) is 1.21. The first kappa shape index (κ1) is 22.9. The molecule has 3 rings (SSSR count). The number of nitro groups is 1. The molecule has 1 aliphatic heterocycles. The van der Waals surface area contributed by atoms with Crippen LogP contribution < -0.4 is 10.6 Å². The molecular weight excluding hydrogens is 419 g/mol. The van der Waals surface area contributed by atoms with Crippen molar-refractivity contribution < 1.29 is 23.7 Å². The van der Waals surface area contributed by atoms with E-state index in [-0.39, 0.29) is 35.3 Å². The van der Waals surface area contributed by atoms with E-state index in [2.05, 4.69) is 10.6 Å². The second-order valence-corrected chi connectivity index (χ2v) is 7.64. The maximum absolute atomic E-state index is 13.8. The summed E-state index contributed by atoms with van der Waals surface area (Å²) in [6.45, 7) is 2.76. The maximum Gasteiger partial charge on any atom is 0.313 e. The quantitative estimate of drug-likeness (QED) is 0.419. The first-order valence-corrected chi connectivity index (χ1v) is 10.1. The van der Waals surface area contributed by atoms with E-state index in [1.807, 2.05) is 0 Å². The fourth-order valence-electron chi connectivity index (χ4n) is 3.50. The Morgan fingerprint density at radius 2 is 1.81 bits per heavy atom. The number of hydrogen-bond donors (Lipinski definition) is 2. The number of aryl methyl sites for hydroxylation is 1. The van der Waals surface area contributed by atoms with E-state index in [9.17, 15) is 28.9 Å². The van der Waals surface area contributed by atoms with Gasteiger partial charge in [0.2, 0.25) is 0 Å². The van der Waals surface area contributed by atoms with Gasteiger partial charge in [-0.15, -0.1) is 0 Å². The van der Waals surface area contributed by atoms with E-state index in [0.29, 0.717) is 31.5 Å². The molecule has 2 aromatic carbocycles. The topological polar surface area (TPSA) is 122 Å². The normalized spacial score (nSPS) is 14.0. The predicted octanol–water partition coefficient (Wildman–Crippen LogP) is 2.65. The fourth-order valence-corrected chi connectivity index (χ4v) is 3.50. The summed E-state index contributed by atoms with van der Waals surface area (Å²) in [6, 6.07) is 9.83. The van der Waals surface area contributed by atoms with Gasteiger partial charge in [0.05, 0.1) is 16.2 Å². The Balaban J connectivity index is 1.47. The Labute approximate surface area is 183 Å². The van der Waals surface area contributed by atoms with Crippen molar-refractivity contribution in [2.75, 3.05) is 25.0 Å². The standard InChI is InChI=1S/C22H23FN4O5/c1-14-6-7-16(27(31)32)12-19(14)25-21(29)20(28)24-13-15-8-10-26(11-9-15)22(30)17-4-2-3-5-18(17)23/h2-7,12,15H,8-11,13H2,1H3,(H,24,28)(H,25,29). The van der Waals surface area contributed by atoms with Gasteiger partial charge in [0.25, 0.3) is 11.6 Å². The molecule has 1 aliphatic rings. The highest BCUT2D eigenvalue weighted by Gasteiger charge is 2.26. The first-order chi connectivity index (χ1) is 15.3. The summed E-state index contributed by atoms with van der Waals surface area (Å²) < 4.78 is 13.8. The minimum absolute atomic E-state index is 0.0346. The van der Waals surface area contributed by atoms with E-state index in [1.165, 1.54) is 36.4 Å². The van der Waals surface area contributed by atoms with Gasteiger partial charge in [0.1, 0.15) is 5.82 Å². The maximum atomic E-state index is 13.8. The summed E-state index contributed by atoms with van der Waals surface area (Å²) in [5.74, 6) is -2.62. The Hall–Kier alpha value is -3.82. The highest BCUT2D eigenvalue weighted by Crippen LogP contribution is 2.22. The molecule has 9 nitrogen and oxygen atoms in total. The number of rotatable bonds is 5. The second kappa shape index (κ2) is 9.99. The van der Waals surface area contributed by atoms with Crippen LogP contribution in [0.1, 0.15) is 28.8 Å². The van der Waals surface area contributed by atoms with Crippen LogP contribution in [-0.2, 0) is 9.59 Å². The number of non-ortho nitro benzene ring substituents is 1. The molecule has 10 heteroatoms. The van der Waals surface area contributed by atoms with E-state index in [4.69, 9.17) is 0 Å². The number of benzene rings is 2. The molecule has 0 atom stereocenters. The minimum Gasteiger partial charge on any atom is -0.348 e. The Kier molecular flexibility index (Phi) is 7.14. The highest BCUT2D eigenvalue weighted by atomic mass is 19.1. The average molecular weight is 442 g/mol. The van der Waals surface area contributed by atoms with Crippen molar-refractivity contribution in [1.82, 2.24) is 10.2 Å². The molecule has 168 valence electrons. The van der Waals surface area contributed by atoms with Crippen molar-refractivity contribution in [1.29, 1.82) is 0 Å². The van der Waals surface area contributed by atoms with Gasteiger partial charge in [-0.05, 0) is 43.4 Å². The summed E-state index contributed by atoms with van der Waals surface area (Å²) in [7, 11) is 0. The molecule has 0 aliphatic carbocycles. The molecular formula is C22H23FN4O5. The third-order valence-electron chi connectivity index (χ3n) is 5.44. The number of piperidine rings is 1. The highest BCUT2D eigenvalue weighted by molar-refractivity contribution is 6.39. The molecule has 0 aromatic heterocycles. The predicted molar refractivity (Wildman–Crippen MR) is 115 cm³/mol. The zero-order chi connectivity index (χ0) is 23.3. The largest absolute Gasteiger partial charge is 0.348 e. The molecule has 1 fully saturated rings. The van der Waals surface area contributed by atoms with Crippen molar-refractivity contribution >= 4 is 29.1 Å². The average Bonchev–Trinajstić information content (AvgIpc) is 2.79. The molecule has 0 unspecified atom stereocenters. The number of nitrogens with zero attached hydrogens (tertiary/aromatic N) is 2. The summed E-state index contributed by atoms with van der Waals surface area (Å²) in [5, 5.41) is 15.9. The lowest BCUT2D eigenvalue weighted by molar-refractivity contribution is -0.384. The van der Waals surface area contributed by atoms with Crippen molar-refractivity contribution in [2.24, 2.45) is 5.92 Å². The lowest BCUT2D eigenvalue weighted by Crippen LogP contribution is -2.43. The van der Waals surface area contributed by atoms with Gasteiger partial charge in [0, 0.05) is 31.8 Å². The van der Waals surface area contributed by atoms with E-state index < -0.39 is 22.6 Å². The molecule has 32 heavy (non-hydrogen) atoms. The monoisotopic (exact) mass is 442 g/mol.